The summed E-state index contributed by atoms with van der Waals surface area (Å²) in [4.78, 5) is 7.40. The molecule has 2 unspecified atom stereocenters. The van der Waals surface area contributed by atoms with Gasteiger partial charge in [0.05, 0.1) is 5.69 Å². The molecule has 2 aromatic rings. The van der Waals surface area contributed by atoms with Gasteiger partial charge in [0.15, 0.2) is 0 Å². The van der Waals surface area contributed by atoms with E-state index in [1.54, 1.807) is 0 Å². The molecule has 0 aromatic heterocycles. The summed E-state index contributed by atoms with van der Waals surface area (Å²) in [6.45, 7) is 17.2. The third kappa shape index (κ3) is 4.57. The van der Waals surface area contributed by atoms with E-state index < -0.39 is 0 Å². The first-order valence-electron chi connectivity index (χ1n) is 11.3. The fourth-order valence-corrected chi connectivity index (χ4v) is 4.71. The number of aryl methyl sites for hydroxylation is 1. The lowest BCUT2D eigenvalue weighted by Gasteiger charge is -2.48. The second-order valence-electron chi connectivity index (χ2n) is 9.50. The topological polar surface area (TPSA) is 15.6 Å². The average molecular weight is 391 g/mol. The van der Waals surface area contributed by atoms with Gasteiger partial charge >= 0.3 is 0 Å². The Kier molecular flexibility index (Phi) is 6.51. The van der Waals surface area contributed by atoms with Crippen LogP contribution in [0.15, 0.2) is 41.4 Å². The van der Waals surface area contributed by atoms with Gasteiger partial charge in [0.25, 0.3) is 0 Å². The van der Waals surface area contributed by atoms with Crippen LogP contribution in [0.2, 0.25) is 0 Å². The van der Waals surface area contributed by atoms with E-state index in [9.17, 15) is 0 Å². The summed E-state index contributed by atoms with van der Waals surface area (Å²) in [5, 5.41) is 0. The molecule has 3 rings (SSSR count). The maximum absolute atomic E-state index is 4.78. The second-order valence-corrected chi connectivity index (χ2v) is 9.50. The molecule has 0 aliphatic carbocycles. The highest BCUT2D eigenvalue weighted by Gasteiger charge is 2.36. The zero-order valence-corrected chi connectivity index (χ0v) is 19.4. The minimum atomic E-state index is 0.210. The number of anilines is 1. The van der Waals surface area contributed by atoms with E-state index in [1.807, 2.05) is 6.21 Å². The Balaban J connectivity index is 1.90. The molecule has 2 atom stereocenters. The molecule has 29 heavy (non-hydrogen) atoms. The Labute approximate surface area is 178 Å². The molecular weight excluding hydrogens is 352 g/mol. The number of rotatable bonds is 6. The van der Waals surface area contributed by atoms with Gasteiger partial charge in [-0.3, -0.25) is 4.99 Å². The van der Waals surface area contributed by atoms with Crippen LogP contribution >= 0.6 is 0 Å². The van der Waals surface area contributed by atoms with E-state index in [-0.39, 0.29) is 5.54 Å². The van der Waals surface area contributed by atoms with E-state index in [0.29, 0.717) is 11.8 Å². The predicted octanol–water partition coefficient (Wildman–Crippen LogP) is 7.76. The van der Waals surface area contributed by atoms with Gasteiger partial charge < -0.3 is 4.90 Å². The Morgan fingerprint density at radius 3 is 2.48 bits per heavy atom. The maximum Gasteiger partial charge on any atom is 0.0630 e. The quantitative estimate of drug-likeness (QED) is 0.460. The highest BCUT2D eigenvalue weighted by molar-refractivity contribution is 5.86. The van der Waals surface area contributed by atoms with Crippen molar-refractivity contribution in [1.29, 1.82) is 0 Å². The normalized spacial score (nSPS) is 19.4. The van der Waals surface area contributed by atoms with Crippen LogP contribution in [0, 0.1) is 6.92 Å². The standard InChI is InChI=1S/C27H38N2/c1-8-14-29-26-15-20(4)23(16-25(26)21(5)17-27(29,6)7)18-28-24-12-10-22(11-13-24)19(3)9-2/h10-13,15-16,18-19,21H,8-9,14,17H2,1-7H3. The molecule has 1 heterocycles. The average Bonchev–Trinajstić information content (AvgIpc) is 2.69. The van der Waals surface area contributed by atoms with E-state index in [0.717, 1.165) is 12.2 Å². The summed E-state index contributed by atoms with van der Waals surface area (Å²) < 4.78 is 0. The molecule has 0 fully saturated rings. The molecule has 0 saturated heterocycles. The van der Waals surface area contributed by atoms with Crippen molar-refractivity contribution in [1.82, 2.24) is 0 Å². The molecule has 2 heteroatoms. The molecule has 0 spiro atoms. The van der Waals surface area contributed by atoms with Gasteiger partial charge in [0.2, 0.25) is 0 Å². The second kappa shape index (κ2) is 8.73. The van der Waals surface area contributed by atoms with Crippen LogP contribution in [-0.4, -0.2) is 18.3 Å². The largest absolute Gasteiger partial charge is 0.366 e. The van der Waals surface area contributed by atoms with Gasteiger partial charge in [0, 0.05) is 24.0 Å². The van der Waals surface area contributed by atoms with E-state index >= 15 is 0 Å². The Hall–Kier alpha value is -2.09. The monoisotopic (exact) mass is 390 g/mol. The van der Waals surface area contributed by atoms with Crippen LogP contribution in [0.4, 0.5) is 11.4 Å². The lowest BCUT2D eigenvalue weighted by molar-refractivity contribution is 0.376. The Morgan fingerprint density at radius 1 is 1.17 bits per heavy atom. The number of fused-ring (bicyclic) bond motifs is 1. The van der Waals surface area contributed by atoms with Crippen molar-refractivity contribution in [2.75, 3.05) is 11.4 Å². The maximum atomic E-state index is 4.78. The van der Waals surface area contributed by atoms with Crippen LogP contribution < -0.4 is 4.90 Å². The molecule has 156 valence electrons. The minimum absolute atomic E-state index is 0.210. The van der Waals surface area contributed by atoms with Crippen LogP contribution in [0.1, 0.15) is 94.9 Å². The fourth-order valence-electron chi connectivity index (χ4n) is 4.71. The smallest absolute Gasteiger partial charge is 0.0630 e. The third-order valence-corrected chi connectivity index (χ3v) is 6.65. The van der Waals surface area contributed by atoms with Crippen LogP contribution in [0.25, 0.3) is 0 Å². The SMILES string of the molecule is CCCN1c2cc(C)c(C=Nc3ccc(C(C)CC)cc3)cc2C(C)CC1(C)C. The van der Waals surface area contributed by atoms with Crippen molar-refractivity contribution in [3.05, 3.63) is 58.7 Å². The van der Waals surface area contributed by atoms with E-state index in [1.165, 1.54) is 47.2 Å². The molecule has 1 aliphatic rings. The molecule has 2 aromatic carbocycles. The molecule has 0 saturated carbocycles. The molecule has 0 amide bonds. The molecule has 1 aliphatic heterocycles. The van der Waals surface area contributed by atoms with Crippen molar-refractivity contribution in [3.63, 3.8) is 0 Å². The van der Waals surface area contributed by atoms with E-state index in [2.05, 4.69) is 89.8 Å². The van der Waals surface area contributed by atoms with Crippen molar-refractivity contribution in [2.45, 2.75) is 85.1 Å². The van der Waals surface area contributed by atoms with Gasteiger partial charge in [-0.25, -0.2) is 0 Å². The minimum Gasteiger partial charge on any atom is -0.366 e. The number of nitrogens with zero attached hydrogens (tertiary/aromatic N) is 2. The first kappa shape index (κ1) is 21.6. The first-order chi connectivity index (χ1) is 13.8. The molecule has 0 bridgehead atoms. The van der Waals surface area contributed by atoms with Crippen LogP contribution in [0.3, 0.4) is 0 Å². The summed E-state index contributed by atoms with van der Waals surface area (Å²) >= 11 is 0. The summed E-state index contributed by atoms with van der Waals surface area (Å²) in [7, 11) is 0. The summed E-state index contributed by atoms with van der Waals surface area (Å²) in [5.74, 6) is 1.17. The number of benzene rings is 2. The van der Waals surface area contributed by atoms with Gasteiger partial charge in [-0.15, -0.1) is 0 Å². The van der Waals surface area contributed by atoms with Crippen molar-refractivity contribution >= 4 is 17.6 Å². The highest BCUT2D eigenvalue weighted by Crippen LogP contribution is 2.44. The van der Waals surface area contributed by atoms with Crippen molar-refractivity contribution in [3.8, 4) is 0 Å². The number of hydrogen-bond donors (Lipinski definition) is 0. The van der Waals surface area contributed by atoms with Crippen molar-refractivity contribution in [2.24, 2.45) is 4.99 Å². The molecule has 0 radical (unpaired) electrons. The molecular formula is C27H38N2. The zero-order valence-electron chi connectivity index (χ0n) is 19.4. The summed E-state index contributed by atoms with van der Waals surface area (Å²) in [5.41, 5.74) is 8.05. The predicted molar refractivity (Wildman–Crippen MR) is 128 cm³/mol. The third-order valence-electron chi connectivity index (χ3n) is 6.65. The highest BCUT2D eigenvalue weighted by atomic mass is 15.2. The summed E-state index contributed by atoms with van der Waals surface area (Å²) in [6.07, 6.45) is 5.58. The number of hydrogen-bond acceptors (Lipinski definition) is 2. The molecule has 2 nitrogen and oxygen atoms in total. The van der Waals surface area contributed by atoms with Gasteiger partial charge in [-0.05, 0) is 98.4 Å². The lowest BCUT2D eigenvalue weighted by Crippen LogP contribution is -2.48. The first-order valence-corrected chi connectivity index (χ1v) is 11.3. The van der Waals surface area contributed by atoms with Crippen molar-refractivity contribution < 1.29 is 0 Å². The zero-order chi connectivity index (χ0) is 21.2. The summed E-state index contributed by atoms with van der Waals surface area (Å²) in [6, 6.07) is 13.5. The Morgan fingerprint density at radius 2 is 1.86 bits per heavy atom. The fraction of sp³-hybridized carbons (Fsp3) is 0.519. The number of aliphatic imine (C=N–C) groups is 1. The van der Waals surface area contributed by atoms with E-state index in [4.69, 9.17) is 4.99 Å². The molecule has 0 N–H and O–H groups in total. The van der Waals surface area contributed by atoms with Gasteiger partial charge in [-0.1, -0.05) is 39.8 Å². The Bertz CT molecular complexity index is 861. The van der Waals surface area contributed by atoms with Gasteiger partial charge in [0.1, 0.15) is 0 Å². The lowest BCUT2D eigenvalue weighted by atomic mass is 9.79. The van der Waals surface area contributed by atoms with Gasteiger partial charge in [-0.2, -0.15) is 0 Å². The van der Waals surface area contributed by atoms with Crippen LogP contribution in [-0.2, 0) is 0 Å². The van der Waals surface area contributed by atoms with Crippen LogP contribution in [0.5, 0.6) is 0 Å².